The SMILES string of the molecule is NC(CCC1CCCC1)C1CC1c1ccccc1. The first-order valence-electron chi connectivity index (χ1n) is 7.65. The van der Waals surface area contributed by atoms with Crippen LogP contribution in [0.3, 0.4) is 0 Å². The standard InChI is InChI=1S/C17H25N/c18-17(11-10-13-6-4-5-7-13)16-12-15(16)14-8-2-1-3-9-14/h1-3,8-9,13,15-17H,4-7,10-12,18H2. The van der Waals surface area contributed by atoms with Gasteiger partial charge in [0.1, 0.15) is 0 Å². The van der Waals surface area contributed by atoms with Crippen LogP contribution in [0.4, 0.5) is 0 Å². The summed E-state index contributed by atoms with van der Waals surface area (Å²) in [6, 6.07) is 11.4. The Hall–Kier alpha value is -0.820. The Bertz CT molecular complexity index is 366. The van der Waals surface area contributed by atoms with Crippen LogP contribution in [-0.2, 0) is 0 Å². The molecular formula is C17H25N. The molecule has 1 nitrogen and oxygen atoms in total. The second-order valence-electron chi connectivity index (χ2n) is 6.31. The summed E-state index contributed by atoms with van der Waals surface area (Å²) in [4.78, 5) is 0. The zero-order valence-corrected chi connectivity index (χ0v) is 11.2. The van der Waals surface area contributed by atoms with Gasteiger partial charge < -0.3 is 5.73 Å². The molecule has 3 rings (SSSR count). The Kier molecular flexibility index (Phi) is 3.69. The summed E-state index contributed by atoms with van der Waals surface area (Å²) >= 11 is 0. The van der Waals surface area contributed by atoms with Crippen LogP contribution in [0, 0.1) is 11.8 Å². The maximum absolute atomic E-state index is 6.38. The highest BCUT2D eigenvalue weighted by Crippen LogP contribution is 2.50. The second-order valence-corrected chi connectivity index (χ2v) is 6.31. The highest BCUT2D eigenvalue weighted by atomic mass is 14.7. The molecule has 2 fully saturated rings. The molecule has 0 radical (unpaired) electrons. The van der Waals surface area contributed by atoms with Crippen molar-refractivity contribution in [3.63, 3.8) is 0 Å². The third-order valence-corrected chi connectivity index (χ3v) is 5.00. The van der Waals surface area contributed by atoms with Gasteiger partial charge >= 0.3 is 0 Å². The van der Waals surface area contributed by atoms with Crippen molar-refractivity contribution in [3.8, 4) is 0 Å². The fourth-order valence-corrected chi connectivity index (χ4v) is 3.71. The molecule has 0 saturated heterocycles. The molecule has 0 aromatic heterocycles. The van der Waals surface area contributed by atoms with Crippen molar-refractivity contribution in [2.75, 3.05) is 0 Å². The molecule has 98 valence electrons. The van der Waals surface area contributed by atoms with Gasteiger partial charge in [-0.2, -0.15) is 0 Å². The maximum atomic E-state index is 6.38. The van der Waals surface area contributed by atoms with E-state index >= 15 is 0 Å². The van der Waals surface area contributed by atoms with Crippen LogP contribution in [-0.4, -0.2) is 6.04 Å². The number of benzene rings is 1. The number of hydrogen-bond donors (Lipinski definition) is 1. The molecule has 3 atom stereocenters. The summed E-state index contributed by atoms with van der Waals surface area (Å²) in [6.45, 7) is 0. The van der Waals surface area contributed by atoms with Crippen molar-refractivity contribution in [1.29, 1.82) is 0 Å². The lowest BCUT2D eigenvalue weighted by molar-refractivity contribution is 0.426. The summed E-state index contributed by atoms with van der Waals surface area (Å²) < 4.78 is 0. The molecule has 0 spiro atoms. The average molecular weight is 243 g/mol. The van der Waals surface area contributed by atoms with Crippen LogP contribution >= 0.6 is 0 Å². The average Bonchev–Trinajstić information content (AvgIpc) is 3.05. The Morgan fingerprint density at radius 1 is 1.11 bits per heavy atom. The van der Waals surface area contributed by atoms with Crippen LogP contribution < -0.4 is 5.73 Å². The van der Waals surface area contributed by atoms with Gasteiger partial charge in [-0.25, -0.2) is 0 Å². The molecule has 1 aromatic carbocycles. The molecule has 2 aliphatic carbocycles. The van der Waals surface area contributed by atoms with E-state index in [9.17, 15) is 0 Å². The molecule has 2 saturated carbocycles. The van der Waals surface area contributed by atoms with Crippen molar-refractivity contribution in [3.05, 3.63) is 35.9 Å². The van der Waals surface area contributed by atoms with E-state index in [4.69, 9.17) is 5.73 Å². The van der Waals surface area contributed by atoms with Crippen molar-refractivity contribution >= 4 is 0 Å². The second kappa shape index (κ2) is 5.44. The number of rotatable bonds is 5. The van der Waals surface area contributed by atoms with Gasteiger partial charge in [0.2, 0.25) is 0 Å². The Morgan fingerprint density at radius 2 is 1.83 bits per heavy atom. The Labute approximate surface area is 111 Å². The molecule has 18 heavy (non-hydrogen) atoms. The van der Waals surface area contributed by atoms with E-state index in [0.717, 1.165) is 17.8 Å². The van der Waals surface area contributed by atoms with E-state index in [1.165, 1.54) is 50.5 Å². The van der Waals surface area contributed by atoms with E-state index in [-0.39, 0.29) is 0 Å². The fraction of sp³-hybridized carbons (Fsp3) is 0.647. The summed E-state index contributed by atoms with van der Waals surface area (Å²) in [5.41, 5.74) is 7.88. The van der Waals surface area contributed by atoms with Crippen molar-refractivity contribution < 1.29 is 0 Å². The lowest BCUT2D eigenvalue weighted by Crippen LogP contribution is -2.23. The van der Waals surface area contributed by atoms with Crippen LogP contribution in [0.5, 0.6) is 0 Å². The first-order chi connectivity index (χ1) is 8.84. The van der Waals surface area contributed by atoms with E-state index in [2.05, 4.69) is 30.3 Å². The fourth-order valence-electron chi connectivity index (χ4n) is 3.71. The van der Waals surface area contributed by atoms with Crippen molar-refractivity contribution in [1.82, 2.24) is 0 Å². The predicted molar refractivity (Wildman–Crippen MR) is 76.5 cm³/mol. The van der Waals surface area contributed by atoms with Gasteiger partial charge in [-0.05, 0) is 42.6 Å². The molecule has 3 unspecified atom stereocenters. The molecule has 0 heterocycles. The van der Waals surface area contributed by atoms with Gasteiger partial charge in [-0.15, -0.1) is 0 Å². The number of hydrogen-bond acceptors (Lipinski definition) is 1. The minimum absolute atomic E-state index is 0.441. The molecule has 0 aliphatic heterocycles. The van der Waals surface area contributed by atoms with Gasteiger partial charge in [0, 0.05) is 6.04 Å². The maximum Gasteiger partial charge on any atom is 0.00733 e. The smallest absolute Gasteiger partial charge is 0.00733 e. The van der Waals surface area contributed by atoms with Gasteiger partial charge in [0.05, 0.1) is 0 Å². The minimum Gasteiger partial charge on any atom is -0.327 e. The third kappa shape index (κ3) is 2.77. The molecule has 2 aliphatic rings. The summed E-state index contributed by atoms with van der Waals surface area (Å²) in [5.74, 6) is 2.50. The van der Waals surface area contributed by atoms with Crippen LogP contribution in [0.2, 0.25) is 0 Å². The third-order valence-electron chi connectivity index (χ3n) is 5.00. The van der Waals surface area contributed by atoms with Gasteiger partial charge in [0.25, 0.3) is 0 Å². The first-order valence-corrected chi connectivity index (χ1v) is 7.65. The van der Waals surface area contributed by atoms with Gasteiger partial charge in [0.15, 0.2) is 0 Å². The zero-order chi connectivity index (χ0) is 12.4. The highest BCUT2D eigenvalue weighted by molar-refractivity contribution is 5.26. The van der Waals surface area contributed by atoms with Gasteiger partial charge in [-0.1, -0.05) is 56.0 Å². The molecule has 0 amide bonds. The van der Waals surface area contributed by atoms with E-state index in [1.54, 1.807) is 0 Å². The summed E-state index contributed by atoms with van der Waals surface area (Å²) in [5, 5.41) is 0. The normalized spacial score (nSPS) is 29.4. The topological polar surface area (TPSA) is 26.0 Å². The minimum atomic E-state index is 0.441. The summed E-state index contributed by atoms with van der Waals surface area (Å²) in [6.07, 6.45) is 9.76. The zero-order valence-electron chi connectivity index (χ0n) is 11.2. The molecule has 2 N–H and O–H groups in total. The predicted octanol–water partition coefficient (Wildman–Crippen LogP) is 4.09. The Balaban J connectivity index is 1.45. The molecule has 1 aromatic rings. The van der Waals surface area contributed by atoms with Crippen LogP contribution in [0.15, 0.2) is 30.3 Å². The van der Waals surface area contributed by atoms with Crippen molar-refractivity contribution in [2.45, 2.75) is 56.9 Å². The quantitative estimate of drug-likeness (QED) is 0.828. The molecule has 0 bridgehead atoms. The lowest BCUT2D eigenvalue weighted by atomic mass is 9.95. The molecular weight excluding hydrogens is 218 g/mol. The Morgan fingerprint density at radius 3 is 2.56 bits per heavy atom. The van der Waals surface area contributed by atoms with Crippen LogP contribution in [0.1, 0.15) is 56.4 Å². The van der Waals surface area contributed by atoms with E-state index in [1.807, 2.05) is 0 Å². The summed E-state index contributed by atoms with van der Waals surface area (Å²) in [7, 11) is 0. The van der Waals surface area contributed by atoms with Crippen molar-refractivity contribution in [2.24, 2.45) is 17.6 Å². The first kappa shape index (κ1) is 12.2. The number of nitrogens with two attached hydrogens (primary N) is 1. The largest absolute Gasteiger partial charge is 0.327 e. The van der Waals surface area contributed by atoms with Gasteiger partial charge in [-0.3, -0.25) is 0 Å². The van der Waals surface area contributed by atoms with E-state index in [0.29, 0.717) is 6.04 Å². The van der Waals surface area contributed by atoms with Crippen LogP contribution in [0.25, 0.3) is 0 Å². The molecule has 1 heteroatoms. The van der Waals surface area contributed by atoms with E-state index < -0.39 is 0 Å². The lowest BCUT2D eigenvalue weighted by Gasteiger charge is -2.14. The highest BCUT2D eigenvalue weighted by Gasteiger charge is 2.42. The monoisotopic (exact) mass is 243 g/mol.